The summed E-state index contributed by atoms with van der Waals surface area (Å²) >= 11 is 1.05. The van der Waals surface area contributed by atoms with E-state index < -0.39 is 27.8 Å². The fourth-order valence-corrected chi connectivity index (χ4v) is 6.52. The first-order valence-electron chi connectivity index (χ1n) is 9.75. The summed E-state index contributed by atoms with van der Waals surface area (Å²) in [6, 6.07) is 10.4. The molecule has 1 saturated heterocycles. The van der Waals surface area contributed by atoms with Gasteiger partial charge < -0.3 is 5.32 Å². The molecular formula is C21H21FN4O3S2. The van der Waals surface area contributed by atoms with Gasteiger partial charge in [-0.05, 0) is 62.1 Å². The van der Waals surface area contributed by atoms with Crippen molar-refractivity contribution in [1.29, 1.82) is 0 Å². The van der Waals surface area contributed by atoms with Crippen LogP contribution in [0.2, 0.25) is 0 Å². The van der Waals surface area contributed by atoms with Crippen LogP contribution in [0.15, 0.2) is 47.4 Å². The molecule has 162 valence electrons. The van der Waals surface area contributed by atoms with Crippen molar-refractivity contribution in [3.05, 3.63) is 69.4 Å². The van der Waals surface area contributed by atoms with Crippen LogP contribution in [0.1, 0.15) is 44.8 Å². The van der Waals surface area contributed by atoms with Crippen molar-refractivity contribution in [2.45, 2.75) is 37.6 Å². The van der Waals surface area contributed by atoms with E-state index in [1.807, 2.05) is 13.0 Å². The molecule has 1 aromatic heterocycles. The zero-order valence-corrected chi connectivity index (χ0v) is 18.6. The van der Waals surface area contributed by atoms with Crippen LogP contribution >= 0.6 is 11.3 Å². The molecule has 1 aliphatic heterocycles. The van der Waals surface area contributed by atoms with E-state index in [1.54, 1.807) is 25.1 Å². The van der Waals surface area contributed by atoms with Gasteiger partial charge in [0, 0.05) is 12.2 Å². The molecule has 1 atom stereocenters. The average Bonchev–Trinajstić information content (AvgIpc) is 3.39. The van der Waals surface area contributed by atoms with Gasteiger partial charge in [0.2, 0.25) is 15.0 Å². The van der Waals surface area contributed by atoms with Crippen LogP contribution in [0.4, 0.5) is 10.1 Å². The predicted octanol–water partition coefficient (Wildman–Crippen LogP) is 4.07. The van der Waals surface area contributed by atoms with Crippen LogP contribution in [0.25, 0.3) is 0 Å². The van der Waals surface area contributed by atoms with E-state index in [0.29, 0.717) is 35.6 Å². The Morgan fingerprint density at radius 1 is 1.19 bits per heavy atom. The molecule has 7 nitrogen and oxygen atoms in total. The first-order valence-corrected chi connectivity index (χ1v) is 12.0. The van der Waals surface area contributed by atoms with E-state index in [-0.39, 0.29) is 9.90 Å². The van der Waals surface area contributed by atoms with Crippen molar-refractivity contribution in [1.82, 2.24) is 14.5 Å². The highest BCUT2D eigenvalue weighted by molar-refractivity contribution is 7.89. The van der Waals surface area contributed by atoms with Gasteiger partial charge in [-0.15, -0.1) is 10.2 Å². The number of halogens is 1. The SMILES string of the molecule is Cc1ccc(C)c(S(=O)(=O)N2CCC[C@@H]2c2nnc(C(=O)Nc3cccc(F)c3)s2)c1. The lowest BCUT2D eigenvalue weighted by molar-refractivity contribution is 0.102. The number of carbonyl (C=O) groups is 1. The predicted molar refractivity (Wildman–Crippen MR) is 116 cm³/mol. The first-order chi connectivity index (χ1) is 14.8. The normalized spacial score (nSPS) is 17.1. The second kappa shape index (κ2) is 8.45. The molecule has 2 heterocycles. The van der Waals surface area contributed by atoms with Crippen molar-refractivity contribution in [2.75, 3.05) is 11.9 Å². The van der Waals surface area contributed by atoms with E-state index in [2.05, 4.69) is 15.5 Å². The number of hydrogen-bond donors (Lipinski definition) is 1. The highest BCUT2D eigenvalue weighted by Gasteiger charge is 2.39. The first kappa shape index (κ1) is 21.5. The zero-order valence-electron chi connectivity index (χ0n) is 17.0. The number of sulfonamides is 1. The number of hydrogen-bond acceptors (Lipinski definition) is 6. The van der Waals surface area contributed by atoms with Gasteiger partial charge in [-0.3, -0.25) is 4.79 Å². The van der Waals surface area contributed by atoms with Crippen molar-refractivity contribution < 1.29 is 17.6 Å². The lowest BCUT2D eigenvalue weighted by atomic mass is 10.2. The van der Waals surface area contributed by atoms with Crippen LogP contribution in [-0.2, 0) is 10.0 Å². The topological polar surface area (TPSA) is 92.3 Å². The van der Waals surface area contributed by atoms with Gasteiger partial charge in [0.1, 0.15) is 10.8 Å². The maximum absolute atomic E-state index is 13.4. The smallest absolute Gasteiger partial charge is 0.286 e. The van der Waals surface area contributed by atoms with Crippen LogP contribution < -0.4 is 5.32 Å². The molecule has 1 amide bonds. The molecule has 1 N–H and O–H groups in total. The zero-order chi connectivity index (χ0) is 22.2. The molecule has 1 fully saturated rings. The Morgan fingerprint density at radius 3 is 2.77 bits per heavy atom. The number of aromatic nitrogens is 2. The Morgan fingerprint density at radius 2 is 2.00 bits per heavy atom. The van der Waals surface area contributed by atoms with Crippen LogP contribution in [0.3, 0.4) is 0 Å². The number of anilines is 1. The summed E-state index contributed by atoms with van der Waals surface area (Å²) in [5.74, 6) is -0.981. The third-order valence-electron chi connectivity index (χ3n) is 5.14. The average molecular weight is 461 g/mol. The Kier molecular flexibility index (Phi) is 5.87. The van der Waals surface area contributed by atoms with Crippen molar-refractivity contribution in [2.24, 2.45) is 0 Å². The highest BCUT2D eigenvalue weighted by Crippen LogP contribution is 2.38. The van der Waals surface area contributed by atoms with E-state index in [4.69, 9.17) is 0 Å². The second-order valence-electron chi connectivity index (χ2n) is 7.45. The summed E-state index contributed by atoms with van der Waals surface area (Å²) in [4.78, 5) is 12.8. The van der Waals surface area contributed by atoms with E-state index in [1.165, 1.54) is 22.5 Å². The van der Waals surface area contributed by atoms with Gasteiger partial charge in [0.15, 0.2) is 0 Å². The summed E-state index contributed by atoms with van der Waals surface area (Å²) < 4.78 is 41.5. The van der Waals surface area contributed by atoms with Gasteiger partial charge in [-0.1, -0.05) is 29.5 Å². The van der Waals surface area contributed by atoms with Crippen molar-refractivity contribution in [3.63, 3.8) is 0 Å². The summed E-state index contributed by atoms with van der Waals surface area (Å²) in [6.07, 6.45) is 1.30. The Hall–Kier alpha value is -2.69. The van der Waals surface area contributed by atoms with Crippen LogP contribution in [0.5, 0.6) is 0 Å². The molecule has 10 heteroatoms. The number of nitrogens with zero attached hydrogens (tertiary/aromatic N) is 3. The minimum atomic E-state index is -3.72. The summed E-state index contributed by atoms with van der Waals surface area (Å²) in [5, 5.41) is 11.2. The Bertz CT molecular complexity index is 1240. The van der Waals surface area contributed by atoms with E-state index >= 15 is 0 Å². The number of carbonyl (C=O) groups excluding carboxylic acids is 1. The molecule has 0 bridgehead atoms. The fraction of sp³-hybridized carbons (Fsp3) is 0.286. The molecule has 0 aliphatic carbocycles. The maximum Gasteiger partial charge on any atom is 0.286 e. The van der Waals surface area contributed by atoms with Gasteiger partial charge in [0.05, 0.1) is 10.9 Å². The molecular weight excluding hydrogens is 439 g/mol. The second-order valence-corrected chi connectivity index (χ2v) is 10.3. The lowest BCUT2D eigenvalue weighted by Gasteiger charge is -2.23. The quantitative estimate of drug-likeness (QED) is 0.620. The lowest BCUT2D eigenvalue weighted by Crippen LogP contribution is -2.31. The number of aryl methyl sites for hydroxylation is 2. The van der Waals surface area contributed by atoms with Crippen molar-refractivity contribution >= 4 is 33.0 Å². The third-order valence-corrected chi connectivity index (χ3v) is 8.21. The molecule has 3 aromatic rings. The fourth-order valence-electron chi connectivity index (χ4n) is 3.60. The maximum atomic E-state index is 13.4. The van der Waals surface area contributed by atoms with Crippen LogP contribution in [-0.4, -0.2) is 35.4 Å². The van der Waals surface area contributed by atoms with Gasteiger partial charge in [0.25, 0.3) is 5.91 Å². The van der Waals surface area contributed by atoms with Crippen molar-refractivity contribution in [3.8, 4) is 0 Å². The molecule has 4 rings (SSSR count). The van der Waals surface area contributed by atoms with E-state index in [0.717, 1.165) is 16.9 Å². The highest BCUT2D eigenvalue weighted by atomic mass is 32.2. The molecule has 0 unspecified atom stereocenters. The number of benzene rings is 2. The third kappa shape index (κ3) is 4.36. The summed E-state index contributed by atoms with van der Waals surface area (Å²) in [6.45, 7) is 4.01. The summed E-state index contributed by atoms with van der Waals surface area (Å²) in [5.41, 5.74) is 1.86. The Balaban J connectivity index is 1.58. The van der Waals surface area contributed by atoms with Gasteiger partial charge >= 0.3 is 0 Å². The minimum absolute atomic E-state index is 0.0928. The summed E-state index contributed by atoms with van der Waals surface area (Å²) in [7, 11) is -3.72. The Labute approximate surface area is 184 Å². The van der Waals surface area contributed by atoms with Crippen LogP contribution in [0, 0.1) is 19.7 Å². The number of nitrogens with one attached hydrogen (secondary N) is 1. The molecule has 0 spiro atoms. The molecule has 31 heavy (non-hydrogen) atoms. The van der Waals surface area contributed by atoms with E-state index in [9.17, 15) is 17.6 Å². The van der Waals surface area contributed by atoms with Gasteiger partial charge in [-0.25, -0.2) is 12.8 Å². The molecule has 2 aromatic carbocycles. The molecule has 0 radical (unpaired) electrons. The molecule has 1 aliphatic rings. The minimum Gasteiger partial charge on any atom is -0.320 e. The monoisotopic (exact) mass is 460 g/mol. The molecule has 0 saturated carbocycles. The standard InChI is InChI=1S/C21H21FN4O3S2/c1-13-8-9-14(2)18(11-13)31(28,29)26-10-4-7-17(26)20-24-25-21(30-20)19(27)23-16-6-3-5-15(22)12-16/h3,5-6,8-9,11-12,17H,4,7,10H2,1-2H3,(H,23,27)/t17-/m1/s1. The number of amides is 1. The number of rotatable bonds is 5. The van der Waals surface area contributed by atoms with Gasteiger partial charge in [-0.2, -0.15) is 4.31 Å². The largest absolute Gasteiger partial charge is 0.320 e.